The zero-order valence-corrected chi connectivity index (χ0v) is 10.4. The average molecular weight is 231 g/mol. The molecule has 0 aliphatic heterocycles. The zero-order chi connectivity index (χ0) is 12.3. The van der Waals surface area contributed by atoms with E-state index in [0.717, 1.165) is 24.2 Å². The SMILES string of the molecule is COc1cc(C)c2c(c1CN=C=O)CCCC2. The number of aliphatic imine (C=N–C) groups is 1. The van der Waals surface area contributed by atoms with Crippen molar-refractivity contribution in [3.05, 3.63) is 28.3 Å². The van der Waals surface area contributed by atoms with Crippen LogP contribution in [0.2, 0.25) is 0 Å². The fourth-order valence-corrected chi connectivity index (χ4v) is 2.66. The van der Waals surface area contributed by atoms with Gasteiger partial charge in [-0.3, -0.25) is 0 Å². The molecule has 90 valence electrons. The highest BCUT2D eigenvalue weighted by Crippen LogP contribution is 2.34. The highest BCUT2D eigenvalue weighted by atomic mass is 16.5. The molecule has 0 bridgehead atoms. The molecule has 0 saturated carbocycles. The van der Waals surface area contributed by atoms with Crippen molar-refractivity contribution < 1.29 is 9.53 Å². The Kier molecular flexibility index (Phi) is 3.60. The van der Waals surface area contributed by atoms with Gasteiger partial charge in [0.05, 0.1) is 13.7 Å². The first-order valence-corrected chi connectivity index (χ1v) is 5.99. The molecular formula is C14H17NO2. The van der Waals surface area contributed by atoms with Gasteiger partial charge in [-0.2, -0.15) is 0 Å². The van der Waals surface area contributed by atoms with Gasteiger partial charge in [-0.25, -0.2) is 9.79 Å². The normalized spacial score (nSPS) is 13.8. The van der Waals surface area contributed by atoms with Gasteiger partial charge in [-0.05, 0) is 55.4 Å². The summed E-state index contributed by atoms with van der Waals surface area (Å²) in [5, 5.41) is 0. The monoisotopic (exact) mass is 231 g/mol. The maximum Gasteiger partial charge on any atom is 0.235 e. The van der Waals surface area contributed by atoms with Gasteiger partial charge < -0.3 is 4.74 Å². The number of fused-ring (bicyclic) bond motifs is 1. The van der Waals surface area contributed by atoms with Crippen molar-refractivity contribution >= 4 is 6.08 Å². The molecule has 0 saturated heterocycles. The lowest BCUT2D eigenvalue weighted by molar-refractivity contribution is 0.407. The Morgan fingerprint density at radius 3 is 2.71 bits per heavy atom. The average Bonchev–Trinajstić information content (AvgIpc) is 2.37. The predicted molar refractivity (Wildman–Crippen MR) is 66.2 cm³/mol. The van der Waals surface area contributed by atoms with Crippen molar-refractivity contribution in [2.75, 3.05) is 7.11 Å². The van der Waals surface area contributed by atoms with Crippen LogP contribution in [0.15, 0.2) is 11.1 Å². The second-order valence-electron chi connectivity index (χ2n) is 4.45. The minimum absolute atomic E-state index is 0.384. The van der Waals surface area contributed by atoms with Gasteiger partial charge in [-0.1, -0.05) is 0 Å². The van der Waals surface area contributed by atoms with Crippen LogP contribution in [-0.4, -0.2) is 13.2 Å². The Morgan fingerprint density at radius 1 is 1.35 bits per heavy atom. The summed E-state index contributed by atoms with van der Waals surface area (Å²) in [6, 6.07) is 2.06. The summed E-state index contributed by atoms with van der Waals surface area (Å²) in [6.45, 7) is 2.51. The smallest absolute Gasteiger partial charge is 0.235 e. The molecule has 1 aromatic carbocycles. The van der Waals surface area contributed by atoms with Gasteiger partial charge in [0.2, 0.25) is 6.08 Å². The van der Waals surface area contributed by atoms with E-state index in [9.17, 15) is 4.79 Å². The van der Waals surface area contributed by atoms with Crippen LogP contribution in [0.1, 0.15) is 35.1 Å². The number of carbonyl (C=O) groups excluding carboxylic acids is 1. The molecule has 3 nitrogen and oxygen atoms in total. The molecule has 2 rings (SSSR count). The molecule has 17 heavy (non-hydrogen) atoms. The van der Waals surface area contributed by atoms with Crippen LogP contribution in [0.3, 0.4) is 0 Å². The summed E-state index contributed by atoms with van der Waals surface area (Å²) >= 11 is 0. The Labute approximate surface area is 102 Å². The quantitative estimate of drug-likeness (QED) is 0.592. The molecule has 0 unspecified atom stereocenters. The maximum atomic E-state index is 10.3. The maximum absolute atomic E-state index is 10.3. The second kappa shape index (κ2) is 5.15. The van der Waals surface area contributed by atoms with E-state index in [0.29, 0.717) is 6.54 Å². The lowest BCUT2D eigenvalue weighted by Crippen LogP contribution is -2.10. The van der Waals surface area contributed by atoms with Crippen molar-refractivity contribution in [2.24, 2.45) is 4.99 Å². The minimum Gasteiger partial charge on any atom is -0.496 e. The number of nitrogens with zero attached hydrogens (tertiary/aromatic N) is 1. The molecule has 1 aliphatic rings. The van der Waals surface area contributed by atoms with Crippen LogP contribution in [-0.2, 0) is 24.2 Å². The lowest BCUT2D eigenvalue weighted by Gasteiger charge is -2.23. The van der Waals surface area contributed by atoms with E-state index in [4.69, 9.17) is 4.74 Å². The van der Waals surface area contributed by atoms with Gasteiger partial charge in [0, 0.05) is 5.56 Å². The molecule has 0 radical (unpaired) electrons. The number of benzene rings is 1. The first-order valence-electron chi connectivity index (χ1n) is 5.99. The summed E-state index contributed by atoms with van der Waals surface area (Å²) in [4.78, 5) is 14.0. The zero-order valence-electron chi connectivity index (χ0n) is 10.4. The molecule has 1 aromatic rings. The van der Waals surface area contributed by atoms with E-state index in [-0.39, 0.29) is 0 Å². The summed E-state index contributed by atoms with van der Waals surface area (Å²) in [5.74, 6) is 0.849. The number of methoxy groups -OCH3 is 1. The summed E-state index contributed by atoms with van der Waals surface area (Å²) in [7, 11) is 1.66. The van der Waals surface area contributed by atoms with Crippen LogP contribution in [0.25, 0.3) is 0 Å². The molecule has 3 heteroatoms. The van der Waals surface area contributed by atoms with Crippen LogP contribution in [0.5, 0.6) is 5.75 Å². The topological polar surface area (TPSA) is 38.7 Å². The van der Waals surface area contributed by atoms with E-state index in [1.54, 1.807) is 13.2 Å². The Hall–Kier alpha value is -1.60. The van der Waals surface area contributed by atoms with E-state index in [2.05, 4.69) is 18.0 Å². The fraction of sp³-hybridized carbons (Fsp3) is 0.500. The molecule has 0 aromatic heterocycles. The van der Waals surface area contributed by atoms with Crippen molar-refractivity contribution in [1.82, 2.24) is 0 Å². The number of hydrogen-bond acceptors (Lipinski definition) is 3. The second-order valence-corrected chi connectivity index (χ2v) is 4.45. The summed E-state index contributed by atoms with van der Waals surface area (Å²) in [5.41, 5.74) is 5.12. The van der Waals surface area contributed by atoms with Crippen molar-refractivity contribution in [1.29, 1.82) is 0 Å². The van der Waals surface area contributed by atoms with Gasteiger partial charge >= 0.3 is 0 Å². The van der Waals surface area contributed by atoms with E-state index in [1.807, 2.05) is 0 Å². The Morgan fingerprint density at radius 2 is 2.06 bits per heavy atom. The molecule has 0 fully saturated rings. The number of hydrogen-bond donors (Lipinski definition) is 0. The van der Waals surface area contributed by atoms with Gasteiger partial charge in [-0.15, -0.1) is 0 Å². The van der Waals surface area contributed by atoms with Crippen LogP contribution in [0, 0.1) is 6.92 Å². The third-order valence-corrected chi connectivity index (χ3v) is 3.47. The minimum atomic E-state index is 0.384. The Balaban J connectivity index is 2.55. The molecule has 0 atom stereocenters. The van der Waals surface area contributed by atoms with Gasteiger partial charge in [0.15, 0.2) is 0 Å². The number of ether oxygens (including phenoxy) is 1. The summed E-state index contributed by atoms with van der Waals surface area (Å²) in [6.07, 6.45) is 6.26. The third-order valence-electron chi connectivity index (χ3n) is 3.47. The number of isocyanates is 1. The number of aryl methyl sites for hydroxylation is 1. The predicted octanol–water partition coefficient (Wildman–Crippen LogP) is 2.72. The van der Waals surface area contributed by atoms with E-state index in [1.165, 1.54) is 29.5 Å². The van der Waals surface area contributed by atoms with Gasteiger partial charge in [0.1, 0.15) is 5.75 Å². The molecule has 0 N–H and O–H groups in total. The fourth-order valence-electron chi connectivity index (χ4n) is 2.66. The van der Waals surface area contributed by atoms with Crippen molar-refractivity contribution in [3.8, 4) is 5.75 Å². The van der Waals surface area contributed by atoms with Crippen LogP contribution >= 0.6 is 0 Å². The molecule has 0 amide bonds. The standard InChI is InChI=1S/C14H17NO2/c1-10-7-14(17-2)13(8-15-9-16)12-6-4-3-5-11(10)12/h7H,3-6,8H2,1-2H3. The Bertz CT molecular complexity index is 474. The molecular weight excluding hydrogens is 214 g/mol. The van der Waals surface area contributed by atoms with E-state index < -0.39 is 0 Å². The third kappa shape index (κ3) is 2.25. The van der Waals surface area contributed by atoms with E-state index >= 15 is 0 Å². The number of rotatable bonds is 3. The first kappa shape index (κ1) is 11.9. The molecule has 0 heterocycles. The van der Waals surface area contributed by atoms with Crippen LogP contribution < -0.4 is 4.74 Å². The highest BCUT2D eigenvalue weighted by Gasteiger charge is 2.19. The van der Waals surface area contributed by atoms with Gasteiger partial charge in [0.25, 0.3) is 0 Å². The molecule has 1 aliphatic carbocycles. The van der Waals surface area contributed by atoms with Crippen molar-refractivity contribution in [2.45, 2.75) is 39.2 Å². The van der Waals surface area contributed by atoms with Crippen molar-refractivity contribution in [3.63, 3.8) is 0 Å². The van der Waals surface area contributed by atoms with Crippen LogP contribution in [0.4, 0.5) is 0 Å². The first-order chi connectivity index (χ1) is 8.27. The highest BCUT2D eigenvalue weighted by molar-refractivity contribution is 5.51. The molecule has 0 spiro atoms. The largest absolute Gasteiger partial charge is 0.496 e. The summed E-state index contributed by atoms with van der Waals surface area (Å²) < 4.78 is 5.40. The lowest BCUT2D eigenvalue weighted by atomic mass is 9.85.